The number of carbonyl (C=O) groups excluding carboxylic acids is 1. The van der Waals surface area contributed by atoms with Crippen molar-refractivity contribution in [2.75, 3.05) is 0 Å². The van der Waals surface area contributed by atoms with Crippen LogP contribution in [-0.2, 0) is 6.54 Å². The van der Waals surface area contributed by atoms with Crippen LogP contribution in [0.1, 0.15) is 30.8 Å². The number of nitrogens with one attached hydrogen (secondary N) is 1. The van der Waals surface area contributed by atoms with Crippen LogP contribution >= 0.6 is 11.8 Å². The molecule has 19 heavy (non-hydrogen) atoms. The van der Waals surface area contributed by atoms with Gasteiger partial charge in [-0.2, -0.15) is 0 Å². The molecule has 7 heteroatoms. The number of Topliss-reactive ketones (excluding diaryl/α,β-unsaturated/α-hetero) is 1. The van der Waals surface area contributed by atoms with Gasteiger partial charge in [-0.15, -0.1) is 5.10 Å². The van der Waals surface area contributed by atoms with Crippen LogP contribution in [0.25, 0.3) is 0 Å². The topological polar surface area (TPSA) is 80.6 Å². The Morgan fingerprint density at radius 2 is 2.26 bits per heavy atom. The van der Waals surface area contributed by atoms with E-state index < -0.39 is 0 Å². The summed E-state index contributed by atoms with van der Waals surface area (Å²) in [5, 5.41) is 7.02. The van der Waals surface area contributed by atoms with Crippen LogP contribution in [0.15, 0.2) is 33.2 Å². The Balaban J connectivity index is 2.21. The van der Waals surface area contributed by atoms with Crippen molar-refractivity contribution in [3.8, 4) is 0 Å². The third kappa shape index (κ3) is 3.11. The van der Waals surface area contributed by atoms with Gasteiger partial charge in [0.05, 0.1) is 0 Å². The van der Waals surface area contributed by atoms with Crippen molar-refractivity contribution >= 4 is 17.5 Å². The molecule has 6 nitrogen and oxygen atoms in total. The molecule has 0 aliphatic carbocycles. The van der Waals surface area contributed by atoms with E-state index in [-0.39, 0.29) is 11.5 Å². The number of hydrogen-bond donors (Lipinski definition) is 1. The first-order valence-corrected chi connectivity index (χ1v) is 6.73. The van der Waals surface area contributed by atoms with E-state index in [1.165, 1.54) is 18.7 Å². The molecule has 0 unspecified atom stereocenters. The van der Waals surface area contributed by atoms with Gasteiger partial charge in [-0.05, 0) is 30.3 Å². The first-order chi connectivity index (χ1) is 9.11. The minimum Gasteiger partial charge on any atom is -0.293 e. The Morgan fingerprint density at radius 3 is 2.84 bits per heavy atom. The third-order valence-corrected chi connectivity index (χ3v) is 3.45. The van der Waals surface area contributed by atoms with Gasteiger partial charge in [-0.25, -0.2) is 9.89 Å². The normalized spacial score (nSPS) is 10.6. The van der Waals surface area contributed by atoms with Crippen molar-refractivity contribution < 1.29 is 4.79 Å². The second-order valence-electron chi connectivity index (χ2n) is 4.00. The molecule has 0 spiro atoms. The fourth-order valence-corrected chi connectivity index (χ4v) is 2.38. The van der Waals surface area contributed by atoms with Gasteiger partial charge in [0.15, 0.2) is 10.9 Å². The largest absolute Gasteiger partial charge is 0.343 e. The summed E-state index contributed by atoms with van der Waals surface area (Å²) in [5.41, 5.74) is 0.218. The van der Waals surface area contributed by atoms with Gasteiger partial charge >= 0.3 is 5.69 Å². The molecule has 0 amide bonds. The van der Waals surface area contributed by atoms with Crippen molar-refractivity contribution in [1.82, 2.24) is 19.7 Å². The minimum atomic E-state index is -0.210. The molecule has 0 saturated heterocycles. The van der Waals surface area contributed by atoms with Gasteiger partial charge in [0.2, 0.25) is 0 Å². The highest BCUT2D eigenvalue weighted by atomic mass is 32.2. The molecule has 2 aromatic rings. The molecule has 2 rings (SSSR count). The summed E-state index contributed by atoms with van der Waals surface area (Å²) in [6.07, 6.45) is 2.46. The Labute approximate surface area is 114 Å². The van der Waals surface area contributed by atoms with Gasteiger partial charge in [-0.1, -0.05) is 6.92 Å². The van der Waals surface area contributed by atoms with Gasteiger partial charge in [0.25, 0.3) is 0 Å². The standard InChI is InChI=1S/C12H14N4O2S/c1-3-6-16-11(18)14-15-12(16)19-9-4-5-10(8(2)17)13-7-9/h4-5,7H,3,6H2,1-2H3,(H,14,18). The summed E-state index contributed by atoms with van der Waals surface area (Å²) < 4.78 is 1.59. The molecule has 1 N–H and O–H groups in total. The number of rotatable bonds is 5. The van der Waals surface area contributed by atoms with Crippen molar-refractivity contribution in [2.45, 2.75) is 36.9 Å². The highest BCUT2D eigenvalue weighted by molar-refractivity contribution is 7.99. The van der Waals surface area contributed by atoms with Gasteiger partial charge in [-0.3, -0.25) is 14.3 Å². The van der Waals surface area contributed by atoms with E-state index in [1.54, 1.807) is 22.9 Å². The molecule has 0 saturated carbocycles. The number of aromatic amines is 1. The van der Waals surface area contributed by atoms with E-state index in [0.717, 1.165) is 11.3 Å². The predicted molar refractivity (Wildman–Crippen MR) is 71.5 cm³/mol. The lowest BCUT2D eigenvalue weighted by molar-refractivity contribution is 0.101. The van der Waals surface area contributed by atoms with Gasteiger partial charge in [0.1, 0.15) is 5.69 Å². The number of ketones is 1. The average Bonchev–Trinajstić information content (AvgIpc) is 2.73. The summed E-state index contributed by atoms with van der Waals surface area (Å²) in [6, 6.07) is 3.46. The number of hydrogen-bond acceptors (Lipinski definition) is 5. The minimum absolute atomic E-state index is 0.0702. The smallest absolute Gasteiger partial charge is 0.293 e. The summed E-state index contributed by atoms with van der Waals surface area (Å²) in [6.45, 7) is 4.09. The molecular weight excluding hydrogens is 264 g/mol. The van der Waals surface area contributed by atoms with E-state index in [4.69, 9.17) is 0 Å². The molecule has 0 atom stereocenters. The maximum atomic E-state index is 11.5. The quantitative estimate of drug-likeness (QED) is 0.842. The maximum Gasteiger partial charge on any atom is 0.343 e. The Morgan fingerprint density at radius 1 is 1.47 bits per heavy atom. The van der Waals surface area contributed by atoms with Crippen LogP contribution < -0.4 is 5.69 Å². The average molecular weight is 278 g/mol. The monoisotopic (exact) mass is 278 g/mol. The zero-order valence-corrected chi connectivity index (χ0v) is 11.5. The summed E-state index contributed by atoms with van der Waals surface area (Å²) in [4.78, 5) is 27.6. The molecule has 0 aromatic carbocycles. The lowest BCUT2D eigenvalue weighted by Gasteiger charge is -2.03. The SMILES string of the molecule is CCCn1c(Sc2ccc(C(C)=O)nc2)n[nH]c1=O. The molecular formula is C12H14N4O2S. The zero-order valence-electron chi connectivity index (χ0n) is 10.7. The van der Waals surface area contributed by atoms with E-state index in [2.05, 4.69) is 15.2 Å². The van der Waals surface area contributed by atoms with E-state index in [9.17, 15) is 9.59 Å². The lowest BCUT2D eigenvalue weighted by atomic mass is 10.3. The van der Waals surface area contributed by atoms with Crippen LogP contribution in [0.2, 0.25) is 0 Å². The number of carbonyl (C=O) groups is 1. The van der Waals surface area contributed by atoms with Crippen molar-refractivity contribution in [2.24, 2.45) is 0 Å². The third-order valence-electron chi connectivity index (χ3n) is 2.48. The van der Waals surface area contributed by atoms with Crippen LogP contribution in [-0.4, -0.2) is 25.5 Å². The number of pyridine rings is 1. The summed E-state index contributed by atoms with van der Waals surface area (Å²) in [7, 11) is 0. The van der Waals surface area contributed by atoms with Crippen molar-refractivity contribution in [3.05, 3.63) is 34.5 Å². The lowest BCUT2D eigenvalue weighted by Crippen LogP contribution is -2.17. The van der Waals surface area contributed by atoms with Crippen molar-refractivity contribution in [3.63, 3.8) is 0 Å². The Bertz CT molecular complexity index is 630. The van der Waals surface area contributed by atoms with Crippen LogP contribution in [0.4, 0.5) is 0 Å². The number of aromatic nitrogens is 4. The second-order valence-corrected chi connectivity index (χ2v) is 5.04. The first kappa shape index (κ1) is 13.5. The Kier molecular flexibility index (Phi) is 4.16. The van der Waals surface area contributed by atoms with Crippen LogP contribution in [0.5, 0.6) is 0 Å². The fraction of sp³-hybridized carbons (Fsp3) is 0.333. The highest BCUT2D eigenvalue weighted by Gasteiger charge is 2.10. The molecule has 0 bridgehead atoms. The summed E-state index contributed by atoms with van der Waals surface area (Å²) >= 11 is 1.34. The van der Waals surface area contributed by atoms with Crippen LogP contribution in [0, 0.1) is 0 Å². The molecule has 0 fully saturated rings. The zero-order chi connectivity index (χ0) is 13.8. The molecule has 2 heterocycles. The number of H-pyrrole nitrogens is 1. The molecule has 0 radical (unpaired) electrons. The molecule has 0 aliphatic rings. The first-order valence-electron chi connectivity index (χ1n) is 5.92. The maximum absolute atomic E-state index is 11.5. The van der Waals surface area contributed by atoms with Gasteiger partial charge < -0.3 is 0 Å². The van der Waals surface area contributed by atoms with E-state index in [1.807, 2.05) is 6.92 Å². The molecule has 0 aliphatic heterocycles. The predicted octanol–water partition coefficient (Wildman–Crippen LogP) is 1.73. The highest BCUT2D eigenvalue weighted by Crippen LogP contribution is 2.24. The van der Waals surface area contributed by atoms with E-state index >= 15 is 0 Å². The molecule has 100 valence electrons. The van der Waals surface area contributed by atoms with Gasteiger partial charge in [0, 0.05) is 24.6 Å². The van der Waals surface area contributed by atoms with Crippen LogP contribution in [0.3, 0.4) is 0 Å². The van der Waals surface area contributed by atoms with Crippen molar-refractivity contribution in [1.29, 1.82) is 0 Å². The fourth-order valence-electron chi connectivity index (χ4n) is 1.56. The Hall–Kier alpha value is -1.89. The second kappa shape index (κ2) is 5.83. The molecule has 2 aromatic heterocycles. The summed E-state index contributed by atoms with van der Waals surface area (Å²) in [5.74, 6) is -0.0702. The van der Waals surface area contributed by atoms with E-state index in [0.29, 0.717) is 17.4 Å². The number of nitrogens with zero attached hydrogens (tertiary/aromatic N) is 3.